The normalized spacial score (nSPS) is 16.9. The van der Waals surface area contributed by atoms with Gasteiger partial charge in [0, 0.05) is 0 Å². The van der Waals surface area contributed by atoms with Crippen LogP contribution in [0.3, 0.4) is 0 Å². The molecule has 0 spiro atoms. The summed E-state index contributed by atoms with van der Waals surface area (Å²) in [5.74, 6) is -1.78. The van der Waals surface area contributed by atoms with Crippen molar-refractivity contribution in [3.8, 4) is 5.75 Å². The van der Waals surface area contributed by atoms with Crippen LogP contribution >= 0.6 is 0 Å². The Morgan fingerprint density at radius 1 is 1.38 bits per heavy atom. The lowest BCUT2D eigenvalue weighted by atomic mass is 9.87. The number of aromatic hydroxyl groups is 1. The van der Waals surface area contributed by atoms with Crippen LogP contribution in [0, 0.1) is 5.41 Å². The van der Waals surface area contributed by atoms with Crippen molar-refractivity contribution in [1.82, 2.24) is 4.72 Å². The molecular weight excluding hydrogens is 336 g/mol. The molecule has 1 fully saturated rings. The van der Waals surface area contributed by atoms with Crippen LogP contribution in [-0.2, 0) is 26.2 Å². The largest absolute Gasteiger partial charge is 0.506 e. The fourth-order valence-electron chi connectivity index (χ4n) is 2.43. The topological polar surface area (TPSA) is 124 Å². The predicted octanol–water partition coefficient (Wildman–Crippen LogP) is 1.01. The first-order valence-electron chi connectivity index (χ1n) is 7.41. The van der Waals surface area contributed by atoms with Gasteiger partial charge in [-0.3, -0.25) is 9.59 Å². The minimum atomic E-state index is -3.99. The molecule has 2 rings (SSSR count). The van der Waals surface area contributed by atoms with E-state index in [-0.39, 0.29) is 18.0 Å². The van der Waals surface area contributed by atoms with Crippen molar-refractivity contribution in [2.75, 3.05) is 10.8 Å². The third-order valence-corrected chi connectivity index (χ3v) is 5.37. The van der Waals surface area contributed by atoms with Crippen LogP contribution in [0.4, 0.5) is 5.69 Å². The second-order valence-corrected chi connectivity index (χ2v) is 8.00. The molecule has 9 heteroatoms. The van der Waals surface area contributed by atoms with Gasteiger partial charge in [-0.05, 0) is 50.8 Å². The summed E-state index contributed by atoms with van der Waals surface area (Å²) in [6.07, 6.45) is 1.58. The maximum atomic E-state index is 11.9. The lowest BCUT2D eigenvalue weighted by molar-refractivity contribution is -0.147. The van der Waals surface area contributed by atoms with Crippen molar-refractivity contribution < 1.29 is 28.2 Å². The number of hydrogen-bond acceptors (Lipinski definition) is 5. The number of carbonyl (C=O) groups is 2. The zero-order valence-electron chi connectivity index (χ0n) is 13.4. The molecular formula is C15H20N2O6S. The average molecular weight is 356 g/mol. The number of aryl methyl sites for hydroxylation is 1. The molecule has 1 aromatic carbocycles. The van der Waals surface area contributed by atoms with E-state index in [1.165, 1.54) is 12.1 Å². The zero-order chi connectivity index (χ0) is 18.1. The van der Waals surface area contributed by atoms with E-state index in [1.807, 2.05) is 4.72 Å². The number of benzene rings is 1. The lowest BCUT2D eigenvalue weighted by Crippen LogP contribution is -2.29. The van der Waals surface area contributed by atoms with Gasteiger partial charge in [0.05, 0.1) is 11.1 Å². The van der Waals surface area contributed by atoms with Crippen LogP contribution in [0.1, 0.15) is 32.3 Å². The minimum absolute atomic E-state index is 0.0309. The molecule has 1 saturated heterocycles. The second-order valence-electron chi connectivity index (χ2n) is 6.40. The van der Waals surface area contributed by atoms with Crippen LogP contribution in [-0.4, -0.2) is 37.1 Å². The highest BCUT2D eigenvalue weighted by Crippen LogP contribution is 2.32. The maximum absolute atomic E-state index is 11.9. The molecule has 1 aliphatic heterocycles. The molecule has 0 aliphatic carbocycles. The first kappa shape index (κ1) is 18.1. The summed E-state index contributed by atoms with van der Waals surface area (Å²) in [4.78, 5) is 22.4. The van der Waals surface area contributed by atoms with Crippen LogP contribution in [0.5, 0.6) is 5.75 Å². The molecule has 1 aliphatic rings. The highest BCUT2D eigenvalue weighted by molar-refractivity contribution is 7.92. The number of anilines is 1. The number of rotatable bonds is 6. The highest BCUT2D eigenvalue weighted by atomic mass is 32.2. The highest BCUT2D eigenvalue weighted by Gasteiger charge is 2.35. The number of hydrogen-bond donors (Lipinski definition) is 3. The van der Waals surface area contributed by atoms with Gasteiger partial charge in [-0.1, -0.05) is 6.07 Å². The first-order chi connectivity index (χ1) is 11.0. The van der Waals surface area contributed by atoms with Gasteiger partial charge in [0.15, 0.2) is 0 Å². The monoisotopic (exact) mass is 356 g/mol. The van der Waals surface area contributed by atoms with Gasteiger partial charge in [0.25, 0.3) is 5.91 Å². The molecule has 1 aromatic rings. The van der Waals surface area contributed by atoms with E-state index in [0.717, 1.165) is 9.87 Å². The molecule has 3 N–H and O–H groups in total. The van der Waals surface area contributed by atoms with Crippen molar-refractivity contribution in [2.45, 2.75) is 33.1 Å². The molecule has 132 valence electrons. The quantitative estimate of drug-likeness (QED) is 0.699. The number of carbonyl (C=O) groups excluding carboxylic acids is 1. The SMILES string of the molecule is CC(C)(CCCc1ccc(O)c(N2CC(=O)NS2(=O)=O)c1)C(=O)O. The zero-order valence-corrected chi connectivity index (χ0v) is 14.3. The summed E-state index contributed by atoms with van der Waals surface area (Å²) < 4.78 is 26.4. The summed E-state index contributed by atoms with van der Waals surface area (Å²) in [5, 5.41) is 19.0. The van der Waals surface area contributed by atoms with E-state index in [0.29, 0.717) is 19.3 Å². The van der Waals surface area contributed by atoms with Crippen LogP contribution < -0.4 is 9.03 Å². The lowest BCUT2D eigenvalue weighted by Gasteiger charge is -2.19. The Kier molecular flexibility index (Phi) is 4.75. The van der Waals surface area contributed by atoms with E-state index >= 15 is 0 Å². The Labute approximate surface area is 140 Å². The van der Waals surface area contributed by atoms with Crippen molar-refractivity contribution >= 4 is 27.8 Å². The molecule has 0 radical (unpaired) electrons. The van der Waals surface area contributed by atoms with Crippen LogP contribution in [0.2, 0.25) is 0 Å². The standard InChI is InChI=1S/C15H20N2O6S/c1-15(2,14(20)21)7-3-4-10-5-6-12(18)11(8-10)17-9-13(19)16-24(17,22)23/h5-6,8,18H,3-4,7,9H2,1-2H3,(H,16,19)(H,20,21). The second kappa shape index (κ2) is 6.31. The molecule has 0 atom stereocenters. The smallest absolute Gasteiger partial charge is 0.326 e. The molecule has 24 heavy (non-hydrogen) atoms. The number of phenols is 1. The number of phenolic OH excluding ortho intramolecular Hbond substituents is 1. The Hall–Kier alpha value is -2.29. The fraction of sp³-hybridized carbons (Fsp3) is 0.467. The predicted molar refractivity (Wildman–Crippen MR) is 86.9 cm³/mol. The molecule has 1 amide bonds. The van der Waals surface area contributed by atoms with E-state index in [1.54, 1.807) is 19.9 Å². The molecule has 0 aromatic heterocycles. The number of carboxylic acid groups (broad SMARTS) is 1. The van der Waals surface area contributed by atoms with E-state index in [9.17, 15) is 23.1 Å². The number of amides is 1. The Morgan fingerprint density at radius 3 is 2.58 bits per heavy atom. The summed E-state index contributed by atoms with van der Waals surface area (Å²) >= 11 is 0. The van der Waals surface area contributed by atoms with Crippen molar-refractivity contribution in [1.29, 1.82) is 0 Å². The summed E-state index contributed by atoms with van der Waals surface area (Å²) in [5.41, 5.74) is -0.0594. The number of carboxylic acids is 1. The number of nitrogens with zero attached hydrogens (tertiary/aromatic N) is 1. The summed E-state index contributed by atoms with van der Waals surface area (Å²) in [7, 11) is -3.99. The fourth-order valence-corrected chi connectivity index (χ4v) is 3.58. The van der Waals surface area contributed by atoms with Gasteiger partial charge in [-0.15, -0.1) is 0 Å². The summed E-state index contributed by atoms with van der Waals surface area (Å²) in [6, 6.07) is 4.51. The average Bonchev–Trinajstić information content (AvgIpc) is 2.73. The van der Waals surface area contributed by atoms with Crippen LogP contribution in [0.25, 0.3) is 0 Å². The van der Waals surface area contributed by atoms with E-state index < -0.39 is 27.5 Å². The Morgan fingerprint density at radius 2 is 2.04 bits per heavy atom. The van der Waals surface area contributed by atoms with Crippen molar-refractivity contribution in [3.05, 3.63) is 23.8 Å². The van der Waals surface area contributed by atoms with Gasteiger partial charge in [-0.25, -0.2) is 9.03 Å². The van der Waals surface area contributed by atoms with Gasteiger partial charge in [-0.2, -0.15) is 8.42 Å². The van der Waals surface area contributed by atoms with Crippen LogP contribution in [0.15, 0.2) is 18.2 Å². The number of nitrogens with one attached hydrogen (secondary N) is 1. The molecule has 0 saturated carbocycles. The molecule has 0 bridgehead atoms. The van der Waals surface area contributed by atoms with Crippen molar-refractivity contribution in [3.63, 3.8) is 0 Å². The van der Waals surface area contributed by atoms with Crippen molar-refractivity contribution in [2.24, 2.45) is 5.41 Å². The van der Waals surface area contributed by atoms with Gasteiger partial charge in [0.1, 0.15) is 12.3 Å². The molecule has 0 unspecified atom stereocenters. The Balaban J connectivity index is 2.15. The minimum Gasteiger partial charge on any atom is -0.506 e. The van der Waals surface area contributed by atoms with E-state index in [2.05, 4.69) is 0 Å². The Bertz CT molecular complexity index is 772. The van der Waals surface area contributed by atoms with E-state index in [4.69, 9.17) is 5.11 Å². The van der Waals surface area contributed by atoms with Gasteiger partial charge < -0.3 is 10.2 Å². The number of aliphatic carboxylic acids is 1. The van der Waals surface area contributed by atoms with Gasteiger partial charge in [0.2, 0.25) is 0 Å². The third kappa shape index (κ3) is 3.78. The molecule has 1 heterocycles. The third-order valence-electron chi connectivity index (χ3n) is 3.97. The summed E-state index contributed by atoms with van der Waals surface area (Å²) in [6.45, 7) is 2.91. The van der Waals surface area contributed by atoms with Gasteiger partial charge >= 0.3 is 16.2 Å². The first-order valence-corrected chi connectivity index (χ1v) is 8.85. The molecule has 8 nitrogen and oxygen atoms in total. The maximum Gasteiger partial charge on any atom is 0.326 e.